The molecular formula is C14H12ClIN2O. The van der Waals surface area contributed by atoms with E-state index >= 15 is 0 Å². The van der Waals surface area contributed by atoms with Crippen LogP contribution in [0.3, 0.4) is 0 Å². The van der Waals surface area contributed by atoms with Gasteiger partial charge in [-0.15, -0.1) is 0 Å². The monoisotopic (exact) mass is 386 g/mol. The Morgan fingerprint density at radius 3 is 2.68 bits per heavy atom. The van der Waals surface area contributed by atoms with Gasteiger partial charge in [-0.1, -0.05) is 23.7 Å². The van der Waals surface area contributed by atoms with Crippen LogP contribution in [-0.4, -0.2) is 10.9 Å². The number of halogens is 2. The molecule has 98 valence electrons. The molecule has 0 aliphatic carbocycles. The fourth-order valence-electron chi connectivity index (χ4n) is 1.68. The van der Waals surface area contributed by atoms with Gasteiger partial charge in [-0.3, -0.25) is 4.79 Å². The zero-order valence-corrected chi connectivity index (χ0v) is 13.4. The topological polar surface area (TPSA) is 42.0 Å². The van der Waals surface area contributed by atoms with Gasteiger partial charge >= 0.3 is 0 Å². The largest absolute Gasteiger partial charge is 0.319 e. The van der Waals surface area contributed by atoms with Crippen LogP contribution >= 0.6 is 34.2 Å². The first kappa shape index (κ1) is 14.3. The molecule has 1 aromatic heterocycles. The minimum absolute atomic E-state index is 0.175. The molecule has 0 fully saturated rings. The Morgan fingerprint density at radius 1 is 1.26 bits per heavy atom. The van der Waals surface area contributed by atoms with Crippen molar-refractivity contribution in [2.75, 3.05) is 5.32 Å². The molecule has 3 nitrogen and oxygen atoms in total. The van der Waals surface area contributed by atoms with Crippen LogP contribution in [0.2, 0.25) is 5.15 Å². The normalized spacial score (nSPS) is 10.3. The molecule has 0 unspecified atom stereocenters. The van der Waals surface area contributed by atoms with Gasteiger partial charge in [0.05, 0.1) is 11.3 Å². The summed E-state index contributed by atoms with van der Waals surface area (Å²) in [6.07, 6.45) is 1.61. The van der Waals surface area contributed by atoms with E-state index in [1.54, 1.807) is 12.3 Å². The first-order chi connectivity index (χ1) is 9.00. The molecule has 1 aromatic carbocycles. The maximum Gasteiger partial charge on any atom is 0.256 e. The molecule has 5 heteroatoms. The fraction of sp³-hybridized carbons (Fsp3) is 0.143. The number of nitrogens with zero attached hydrogens (tertiary/aromatic N) is 1. The van der Waals surface area contributed by atoms with E-state index in [1.807, 2.05) is 32.0 Å². The summed E-state index contributed by atoms with van der Waals surface area (Å²) in [4.78, 5) is 16.3. The first-order valence-electron chi connectivity index (χ1n) is 5.68. The highest BCUT2D eigenvalue weighted by Crippen LogP contribution is 2.24. The van der Waals surface area contributed by atoms with Gasteiger partial charge in [0.2, 0.25) is 0 Å². The Morgan fingerprint density at radius 2 is 2.00 bits per heavy atom. The molecular weight excluding hydrogens is 375 g/mol. The minimum Gasteiger partial charge on any atom is -0.319 e. The third-order valence-corrected chi connectivity index (χ3v) is 4.51. The van der Waals surface area contributed by atoms with Crippen molar-refractivity contribution in [3.05, 3.63) is 55.9 Å². The molecule has 2 rings (SSSR count). The lowest BCUT2D eigenvalue weighted by molar-refractivity contribution is 0.102. The number of aromatic nitrogens is 1. The molecule has 0 atom stereocenters. The van der Waals surface area contributed by atoms with Crippen LogP contribution in [0.25, 0.3) is 0 Å². The predicted octanol–water partition coefficient (Wildman–Crippen LogP) is 4.21. The first-order valence-corrected chi connectivity index (χ1v) is 7.14. The number of carbonyl (C=O) groups excluding carboxylic acids is 1. The molecule has 0 aliphatic rings. The Kier molecular flexibility index (Phi) is 4.42. The summed E-state index contributed by atoms with van der Waals surface area (Å²) in [5.74, 6) is -0.175. The second-order valence-corrected chi connectivity index (χ2v) is 5.62. The number of carbonyl (C=O) groups is 1. The maximum atomic E-state index is 12.3. The van der Waals surface area contributed by atoms with Crippen LogP contribution < -0.4 is 5.32 Å². The van der Waals surface area contributed by atoms with E-state index in [2.05, 4.69) is 32.9 Å². The quantitative estimate of drug-likeness (QED) is 0.620. The Bertz CT molecular complexity index is 623. The number of anilines is 1. The van der Waals surface area contributed by atoms with Crippen LogP contribution in [0.15, 0.2) is 30.5 Å². The van der Waals surface area contributed by atoms with Crippen LogP contribution in [0.4, 0.5) is 5.69 Å². The molecule has 19 heavy (non-hydrogen) atoms. The third kappa shape index (κ3) is 3.06. The number of nitrogens with one attached hydrogen (secondary N) is 1. The van der Waals surface area contributed by atoms with E-state index in [1.165, 1.54) is 0 Å². The van der Waals surface area contributed by atoms with Crippen molar-refractivity contribution in [3.8, 4) is 0 Å². The Hall–Kier alpha value is -1.14. The van der Waals surface area contributed by atoms with Gasteiger partial charge < -0.3 is 5.32 Å². The lowest BCUT2D eigenvalue weighted by Crippen LogP contribution is -2.15. The molecule has 2 aromatic rings. The van der Waals surface area contributed by atoms with Gasteiger partial charge in [0.1, 0.15) is 0 Å². The second-order valence-electron chi connectivity index (χ2n) is 4.18. The van der Waals surface area contributed by atoms with Crippen molar-refractivity contribution >= 4 is 45.8 Å². The van der Waals surface area contributed by atoms with Crippen LogP contribution in [-0.2, 0) is 0 Å². The molecule has 1 heterocycles. The summed E-state index contributed by atoms with van der Waals surface area (Å²) < 4.78 is 0.940. The van der Waals surface area contributed by atoms with Crippen molar-refractivity contribution < 1.29 is 4.79 Å². The maximum absolute atomic E-state index is 12.3. The van der Waals surface area contributed by atoms with Gasteiger partial charge in [0.15, 0.2) is 5.15 Å². The Labute approximate surface area is 130 Å². The summed E-state index contributed by atoms with van der Waals surface area (Å²) in [6.45, 7) is 3.85. The number of amides is 1. The zero-order valence-electron chi connectivity index (χ0n) is 10.5. The van der Waals surface area contributed by atoms with Crippen LogP contribution in [0.1, 0.15) is 21.5 Å². The van der Waals surface area contributed by atoms with Gasteiger partial charge in [0.25, 0.3) is 5.91 Å². The van der Waals surface area contributed by atoms with Crippen LogP contribution in [0, 0.1) is 17.4 Å². The van der Waals surface area contributed by atoms with Crippen molar-refractivity contribution in [2.24, 2.45) is 0 Å². The van der Waals surface area contributed by atoms with E-state index < -0.39 is 0 Å². The molecule has 0 saturated heterocycles. The highest BCUT2D eigenvalue weighted by molar-refractivity contribution is 14.1. The minimum atomic E-state index is -0.175. The van der Waals surface area contributed by atoms with E-state index in [4.69, 9.17) is 11.6 Å². The van der Waals surface area contributed by atoms with E-state index in [0.717, 1.165) is 14.7 Å². The molecule has 0 bridgehead atoms. The van der Waals surface area contributed by atoms with Crippen molar-refractivity contribution in [2.45, 2.75) is 13.8 Å². The van der Waals surface area contributed by atoms with Gasteiger partial charge in [-0.2, -0.15) is 0 Å². The summed E-state index contributed by atoms with van der Waals surface area (Å²) in [5.41, 5.74) is 3.16. The van der Waals surface area contributed by atoms with Gasteiger partial charge in [-0.25, -0.2) is 4.98 Å². The number of hydrogen-bond donors (Lipinski definition) is 1. The standard InChI is InChI=1S/C14H12ClIN2O/c1-8-4-3-5-10(11(8)16)14(19)18-12-9(2)6-7-17-13(12)15/h3-7H,1-2H3,(H,18,19). The van der Waals surface area contributed by atoms with E-state index in [0.29, 0.717) is 16.4 Å². The molecule has 0 aliphatic heterocycles. The van der Waals surface area contributed by atoms with E-state index in [-0.39, 0.29) is 5.91 Å². The van der Waals surface area contributed by atoms with Crippen molar-refractivity contribution in [1.82, 2.24) is 4.98 Å². The van der Waals surface area contributed by atoms with Gasteiger partial charge in [-0.05, 0) is 59.7 Å². The molecule has 0 radical (unpaired) electrons. The Balaban J connectivity index is 2.34. The third-order valence-electron chi connectivity index (χ3n) is 2.79. The lowest BCUT2D eigenvalue weighted by Gasteiger charge is -2.11. The SMILES string of the molecule is Cc1cccc(C(=O)Nc2c(C)ccnc2Cl)c1I. The predicted molar refractivity (Wildman–Crippen MR) is 85.8 cm³/mol. The van der Waals surface area contributed by atoms with Crippen molar-refractivity contribution in [1.29, 1.82) is 0 Å². The highest BCUT2D eigenvalue weighted by atomic mass is 127. The molecule has 1 N–H and O–H groups in total. The number of pyridine rings is 1. The summed E-state index contributed by atoms with van der Waals surface area (Å²) >= 11 is 8.18. The number of aryl methyl sites for hydroxylation is 2. The smallest absolute Gasteiger partial charge is 0.256 e. The van der Waals surface area contributed by atoms with Crippen LogP contribution in [0.5, 0.6) is 0 Å². The highest BCUT2D eigenvalue weighted by Gasteiger charge is 2.14. The zero-order chi connectivity index (χ0) is 14.0. The molecule has 0 saturated carbocycles. The van der Waals surface area contributed by atoms with Gasteiger partial charge in [0, 0.05) is 9.77 Å². The summed E-state index contributed by atoms with van der Waals surface area (Å²) in [5, 5.41) is 3.13. The molecule has 0 spiro atoms. The summed E-state index contributed by atoms with van der Waals surface area (Å²) in [7, 11) is 0. The number of rotatable bonds is 2. The number of hydrogen-bond acceptors (Lipinski definition) is 2. The summed E-state index contributed by atoms with van der Waals surface area (Å²) in [6, 6.07) is 7.44. The average Bonchev–Trinajstić information content (AvgIpc) is 2.37. The van der Waals surface area contributed by atoms with Crippen molar-refractivity contribution in [3.63, 3.8) is 0 Å². The van der Waals surface area contributed by atoms with E-state index in [9.17, 15) is 4.79 Å². The fourth-order valence-corrected chi connectivity index (χ4v) is 2.54. The lowest BCUT2D eigenvalue weighted by atomic mass is 10.1. The second kappa shape index (κ2) is 5.88. The number of benzene rings is 1. The molecule has 1 amide bonds. The average molecular weight is 387 g/mol.